The quantitative estimate of drug-likeness (QED) is 0.784. The molecule has 110 valence electrons. The summed E-state index contributed by atoms with van der Waals surface area (Å²) in [6.07, 6.45) is 0. The van der Waals surface area contributed by atoms with Crippen LogP contribution >= 0.6 is 0 Å². The fourth-order valence-electron chi connectivity index (χ4n) is 1.83. The van der Waals surface area contributed by atoms with Gasteiger partial charge in [-0.25, -0.2) is 4.79 Å². The molecule has 0 saturated carbocycles. The Labute approximate surface area is 120 Å². The Kier molecular flexibility index (Phi) is 4.17. The monoisotopic (exact) mass is 290 g/mol. The van der Waals surface area contributed by atoms with E-state index in [-0.39, 0.29) is 11.4 Å². The zero-order chi connectivity index (χ0) is 15.4. The number of aromatic nitrogens is 3. The van der Waals surface area contributed by atoms with Gasteiger partial charge in [-0.05, 0) is 25.1 Å². The van der Waals surface area contributed by atoms with Crippen molar-refractivity contribution in [2.75, 3.05) is 13.7 Å². The molecule has 3 N–H and O–H groups in total. The molecule has 1 heterocycles. The fraction of sp³-hybridized carbons (Fsp3) is 0.231. The normalized spacial score (nSPS) is 10.2. The van der Waals surface area contributed by atoms with Gasteiger partial charge < -0.3 is 15.2 Å². The second kappa shape index (κ2) is 6.04. The lowest BCUT2D eigenvalue weighted by Gasteiger charge is -2.10. The Balaban J connectivity index is 2.55. The number of nitrogens with one attached hydrogen (secondary N) is 1. The molecule has 0 aliphatic heterocycles. The van der Waals surface area contributed by atoms with Crippen LogP contribution in [0.5, 0.6) is 5.75 Å². The van der Waals surface area contributed by atoms with Gasteiger partial charge in [0.25, 0.3) is 5.91 Å². The summed E-state index contributed by atoms with van der Waals surface area (Å²) in [4.78, 5) is 22.9. The minimum atomic E-state index is -0.710. The van der Waals surface area contributed by atoms with Crippen LogP contribution in [0.15, 0.2) is 18.2 Å². The smallest absolute Gasteiger partial charge is 0.337 e. The number of carbonyl (C=O) groups is 2. The number of esters is 1. The molecule has 0 aliphatic carbocycles. The van der Waals surface area contributed by atoms with E-state index in [0.29, 0.717) is 23.5 Å². The number of nitrogens with zero attached hydrogens (tertiary/aromatic N) is 2. The average molecular weight is 290 g/mol. The predicted octanol–water partition coefficient (Wildman–Crippen LogP) is 0.756. The Morgan fingerprint density at radius 2 is 2.10 bits per heavy atom. The Hall–Kier alpha value is -2.90. The van der Waals surface area contributed by atoms with Crippen molar-refractivity contribution in [3.8, 4) is 17.0 Å². The number of H-pyrrole nitrogens is 1. The van der Waals surface area contributed by atoms with E-state index in [9.17, 15) is 9.59 Å². The van der Waals surface area contributed by atoms with E-state index < -0.39 is 11.9 Å². The first-order chi connectivity index (χ1) is 10.1. The van der Waals surface area contributed by atoms with E-state index in [4.69, 9.17) is 10.5 Å². The minimum Gasteiger partial charge on any atom is -0.493 e. The van der Waals surface area contributed by atoms with E-state index in [2.05, 4.69) is 20.1 Å². The van der Waals surface area contributed by atoms with Crippen LogP contribution in [0.25, 0.3) is 11.3 Å². The molecule has 8 heteroatoms. The summed E-state index contributed by atoms with van der Waals surface area (Å²) in [5, 5.41) is 9.97. The maximum absolute atomic E-state index is 11.6. The van der Waals surface area contributed by atoms with Crippen molar-refractivity contribution in [2.24, 2.45) is 5.73 Å². The van der Waals surface area contributed by atoms with Crippen molar-refractivity contribution >= 4 is 11.9 Å². The number of nitrogens with two attached hydrogens (primary N) is 1. The standard InChI is InChI=1S/C13H14N4O4/c1-3-21-9-6-7(13(19)20-2)4-5-8(9)10-11(12(14)18)16-17-15-10/h4-6H,3H2,1-2H3,(H2,14,18)(H,15,16,17). The van der Waals surface area contributed by atoms with Crippen molar-refractivity contribution in [2.45, 2.75) is 6.92 Å². The van der Waals surface area contributed by atoms with E-state index in [1.54, 1.807) is 19.1 Å². The van der Waals surface area contributed by atoms with Crippen molar-refractivity contribution in [3.63, 3.8) is 0 Å². The first kappa shape index (κ1) is 14.5. The van der Waals surface area contributed by atoms with Gasteiger partial charge in [0, 0.05) is 5.56 Å². The molecule has 1 amide bonds. The average Bonchev–Trinajstić information content (AvgIpc) is 2.96. The molecule has 0 fully saturated rings. The summed E-state index contributed by atoms with van der Waals surface area (Å²) < 4.78 is 10.1. The molecule has 0 bridgehead atoms. The molecule has 0 spiro atoms. The highest BCUT2D eigenvalue weighted by Crippen LogP contribution is 2.31. The van der Waals surface area contributed by atoms with Crippen LogP contribution < -0.4 is 10.5 Å². The molecule has 8 nitrogen and oxygen atoms in total. The number of rotatable bonds is 5. The van der Waals surface area contributed by atoms with E-state index in [1.807, 2.05) is 0 Å². The van der Waals surface area contributed by atoms with E-state index >= 15 is 0 Å². The van der Waals surface area contributed by atoms with Gasteiger partial charge in [0.15, 0.2) is 5.69 Å². The Morgan fingerprint density at radius 3 is 2.71 bits per heavy atom. The second-order valence-electron chi connectivity index (χ2n) is 4.02. The molecule has 1 aromatic heterocycles. The number of aromatic amines is 1. The molecular weight excluding hydrogens is 276 g/mol. The third-order valence-corrected chi connectivity index (χ3v) is 2.74. The highest BCUT2D eigenvalue weighted by Gasteiger charge is 2.20. The van der Waals surface area contributed by atoms with Crippen LogP contribution in [-0.2, 0) is 4.74 Å². The molecule has 0 radical (unpaired) electrons. The third kappa shape index (κ3) is 2.83. The van der Waals surface area contributed by atoms with Crippen LogP contribution in [0.3, 0.4) is 0 Å². The molecule has 2 rings (SSSR count). The van der Waals surface area contributed by atoms with Crippen LogP contribution in [0.1, 0.15) is 27.8 Å². The topological polar surface area (TPSA) is 120 Å². The molecule has 0 saturated heterocycles. The van der Waals surface area contributed by atoms with Crippen molar-refractivity contribution < 1.29 is 19.1 Å². The summed E-state index contributed by atoms with van der Waals surface area (Å²) in [5.41, 5.74) is 6.35. The number of methoxy groups -OCH3 is 1. The number of primary amides is 1. The largest absolute Gasteiger partial charge is 0.493 e. The zero-order valence-corrected chi connectivity index (χ0v) is 11.5. The summed E-state index contributed by atoms with van der Waals surface area (Å²) >= 11 is 0. The zero-order valence-electron chi connectivity index (χ0n) is 11.5. The summed E-state index contributed by atoms with van der Waals surface area (Å²) in [7, 11) is 1.29. The van der Waals surface area contributed by atoms with E-state index in [0.717, 1.165) is 0 Å². The van der Waals surface area contributed by atoms with Crippen LogP contribution in [0.2, 0.25) is 0 Å². The highest BCUT2D eigenvalue weighted by molar-refractivity contribution is 5.98. The van der Waals surface area contributed by atoms with Crippen LogP contribution in [-0.4, -0.2) is 41.0 Å². The molecule has 2 aromatic rings. The number of carbonyl (C=O) groups excluding carboxylic acids is 2. The SMILES string of the molecule is CCOc1cc(C(=O)OC)ccc1-c1n[nH]nc1C(N)=O. The molecular formula is C13H14N4O4. The van der Waals surface area contributed by atoms with Gasteiger partial charge in [-0.2, -0.15) is 15.4 Å². The predicted molar refractivity (Wildman–Crippen MR) is 72.8 cm³/mol. The van der Waals surface area contributed by atoms with Gasteiger partial charge in [0.1, 0.15) is 11.4 Å². The maximum atomic E-state index is 11.6. The number of ether oxygens (including phenoxy) is 2. The lowest BCUT2D eigenvalue weighted by Crippen LogP contribution is -2.13. The number of hydrogen-bond donors (Lipinski definition) is 2. The lowest BCUT2D eigenvalue weighted by molar-refractivity contribution is 0.0600. The van der Waals surface area contributed by atoms with Gasteiger partial charge in [-0.3, -0.25) is 4.79 Å². The molecule has 0 atom stereocenters. The van der Waals surface area contributed by atoms with Gasteiger partial charge in [0.2, 0.25) is 0 Å². The minimum absolute atomic E-state index is 0.00164. The Bertz CT molecular complexity index is 681. The molecule has 0 unspecified atom stereocenters. The van der Waals surface area contributed by atoms with E-state index in [1.165, 1.54) is 13.2 Å². The number of hydrogen-bond acceptors (Lipinski definition) is 6. The van der Waals surface area contributed by atoms with Crippen LogP contribution in [0.4, 0.5) is 0 Å². The lowest BCUT2D eigenvalue weighted by atomic mass is 10.1. The van der Waals surface area contributed by atoms with Crippen molar-refractivity contribution in [1.29, 1.82) is 0 Å². The maximum Gasteiger partial charge on any atom is 0.337 e. The van der Waals surface area contributed by atoms with Crippen LogP contribution in [0, 0.1) is 0 Å². The molecule has 21 heavy (non-hydrogen) atoms. The second-order valence-corrected chi connectivity index (χ2v) is 4.02. The van der Waals surface area contributed by atoms with Gasteiger partial charge in [-0.1, -0.05) is 0 Å². The first-order valence-electron chi connectivity index (χ1n) is 6.14. The van der Waals surface area contributed by atoms with Crippen molar-refractivity contribution in [3.05, 3.63) is 29.5 Å². The summed E-state index contributed by atoms with van der Waals surface area (Å²) in [5.74, 6) is -0.812. The Morgan fingerprint density at radius 1 is 1.33 bits per heavy atom. The number of benzene rings is 1. The molecule has 0 aliphatic rings. The number of amides is 1. The first-order valence-corrected chi connectivity index (χ1v) is 6.14. The fourth-order valence-corrected chi connectivity index (χ4v) is 1.83. The third-order valence-electron chi connectivity index (χ3n) is 2.74. The highest BCUT2D eigenvalue weighted by atomic mass is 16.5. The van der Waals surface area contributed by atoms with Gasteiger partial charge in [-0.15, -0.1) is 0 Å². The van der Waals surface area contributed by atoms with Gasteiger partial charge in [0.05, 0.1) is 19.3 Å². The molecule has 1 aromatic carbocycles. The summed E-state index contributed by atoms with van der Waals surface area (Å²) in [6, 6.07) is 4.66. The van der Waals surface area contributed by atoms with Crippen molar-refractivity contribution in [1.82, 2.24) is 15.4 Å². The van der Waals surface area contributed by atoms with Gasteiger partial charge >= 0.3 is 5.97 Å². The summed E-state index contributed by atoms with van der Waals surface area (Å²) in [6.45, 7) is 2.17.